The van der Waals surface area contributed by atoms with Gasteiger partial charge in [-0.1, -0.05) is 18.2 Å². The molecule has 0 spiro atoms. The molecule has 0 unspecified atom stereocenters. The van der Waals surface area contributed by atoms with Crippen LogP contribution in [0.5, 0.6) is 5.75 Å². The van der Waals surface area contributed by atoms with Crippen molar-refractivity contribution in [1.82, 2.24) is 4.90 Å². The SMILES string of the molecule is COc1ccc(C2=CCC=C3C=CC(C)=CN32)cc1. The van der Waals surface area contributed by atoms with Gasteiger partial charge >= 0.3 is 0 Å². The van der Waals surface area contributed by atoms with Gasteiger partial charge in [0.25, 0.3) is 0 Å². The minimum Gasteiger partial charge on any atom is -0.497 e. The molecule has 0 saturated heterocycles. The lowest BCUT2D eigenvalue weighted by Crippen LogP contribution is -2.19. The molecule has 0 fully saturated rings. The summed E-state index contributed by atoms with van der Waals surface area (Å²) < 4.78 is 5.21. The highest BCUT2D eigenvalue weighted by Gasteiger charge is 2.17. The van der Waals surface area contributed by atoms with Gasteiger partial charge in [-0.3, -0.25) is 0 Å². The number of rotatable bonds is 2. The summed E-state index contributed by atoms with van der Waals surface area (Å²) in [6.45, 7) is 2.12. The van der Waals surface area contributed by atoms with Crippen molar-refractivity contribution in [2.75, 3.05) is 7.11 Å². The molecule has 2 nitrogen and oxygen atoms in total. The van der Waals surface area contributed by atoms with Gasteiger partial charge in [-0.25, -0.2) is 0 Å². The summed E-state index contributed by atoms with van der Waals surface area (Å²) in [6, 6.07) is 8.22. The van der Waals surface area contributed by atoms with Gasteiger partial charge in [-0.2, -0.15) is 0 Å². The first-order chi connectivity index (χ1) is 9.28. The van der Waals surface area contributed by atoms with E-state index < -0.39 is 0 Å². The number of hydrogen-bond donors (Lipinski definition) is 0. The van der Waals surface area contributed by atoms with Gasteiger partial charge in [0.2, 0.25) is 0 Å². The standard InChI is InChI=1S/C17H17NO/c1-13-6-9-15-4-3-5-17(18(15)12-13)14-7-10-16(19-2)11-8-14/h4-12H,3H2,1-2H3. The Bertz CT molecular complexity index is 603. The third-order valence-corrected chi connectivity index (χ3v) is 3.41. The van der Waals surface area contributed by atoms with E-state index in [4.69, 9.17) is 4.74 Å². The third kappa shape index (κ3) is 2.22. The molecular weight excluding hydrogens is 234 g/mol. The Kier molecular flexibility index (Phi) is 3.00. The van der Waals surface area contributed by atoms with Crippen molar-refractivity contribution in [3.8, 4) is 5.75 Å². The van der Waals surface area contributed by atoms with Crippen molar-refractivity contribution in [2.24, 2.45) is 0 Å². The molecule has 0 amide bonds. The van der Waals surface area contributed by atoms with Crippen LogP contribution in [-0.2, 0) is 0 Å². The number of allylic oxidation sites excluding steroid dienone is 5. The molecule has 1 aromatic rings. The first kappa shape index (κ1) is 11.8. The van der Waals surface area contributed by atoms with E-state index >= 15 is 0 Å². The fourth-order valence-electron chi connectivity index (χ4n) is 2.40. The van der Waals surface area contributed by atoms with Crippen molar-refractivity contribution in [3.05, 3.63) is 71.6 Å². The van der Waals surface area contributed by atoms with Crippen LogP contribution in [0.15, 0.2) is 66.0 Å². The number of nitrogens with zero attached hydrogens (tertiary/aromatic N) is 1. The molecule has 19 heavy (non-hydrogen) atoms. The summed E-state index contributed by atoms with van der Waals surface area (Å²) in [7, 11) is 1.69. The second kappa shape index (κ2) is 4.81. The monoisotopic (exact) mass is 251 g/mol. The van der Waals surface area contributed by atoms with Crippen LogP contribution >= 0.6 is 0 Å². The maximum atomic E-state index is 5.21. The van der Waals surface area contributed by atoms with Gasteiger partial charge < -0.3 is 9.64 Å². The highest BCUT2D eigenvalue weighted by Crippen LogP contribution is 2.32. The van der Waals surface area contributed by atoms with Gasteiger partial charge in [-0.15, -0.1) is 0 Å². The molecular formula is C17H17NO. The molecule has 0 aliphatic carbocycles. The number of fused-ring (bicyclic) bond motifs is 1. The number of methoxy groups -OCH3 is 1. The predicted molar refractivity (Wildman–Crippen MR) is 78.4 cm³/mol. The Morgan fingerprint density at radius 2 is 1.84 bits per heavy atom. The van der Waals surface area contributed by atoms with E-state index in [1.165, 1.54) is 22.5 Å². The van der Waals surface area contributed by atoms with Crippen LogP contribution in [-0.4, -0.2) is 12.0 Å². The number of ether oxygens (including phenoxy) is 1. The van der Waals surface area contributed by atoms with E-state index in [0.717, 1.165) is 12.2 Å². The van der Waals surface area contributed by atoms with E-state index in [1.807, 2.05) is 12.1 Å². The summed E-state index contributed by atoms with van der Waals surface area (Å²) in [5.74, 6) is 0.890. The van der Waals surface area contributed by atoms with Crippen LogP contribution in [0.25, 0.3) is 5.70 Å². The van der Waals surface area contributed by atoms with Crippen molar-refractivity contribution in [2.45, 2.75) is 13.3 Å². The van der Waals surface area contributed by atoms with Crippen LogP contribution in [0.2, 0.25) is 0 Å². The predicted octanol–water partition coefficient (Wildman–Crippen LogP) is 4.10. The first-order valence-electron chi connectivity index (χ1n) is 6.48. The number of benzene rings is 1. The molecule has 0 bridgehead atoms. The quantitative estimate of drug-likeness (QED) is 0.784. The smallest absolute Gasteiger partial charge is 0.118 e. The average Bonchev–Trinajstić information content (AvgIpc) is 2.47. The maximum Gasteiger partial charge on any atom is 0.118 e. The van der Waals surface area contributed by atoms with Crippen molar-refractivity contribution in [1.29, 1.82) is 0 Å². The molecule has 0 atom stereocenters. The topological polar surface area (TPSA) is 12.5 Å². The lowest BCUT2D eigenvalue weighted by atomic mass is 10.0. The minimum absolute atomic E-state index is 0.890. The van der Waals surface area contributed by atoms with Gasteiger partial charge in [0, 0.05) is 17.6 Å². The van der Waals surface area contributed by atoms with Gasteiger partial charge in [0.1, 0.15) is 5.75 Å². The Hall–Kier alpha value is -2.22. The molecule has 2 heterocycles. The fourth-order valence-corrected chi connectivity index (χ4v) is 2.40. The van der Waals surface area contributed by atoms with Crippen molar-refractivity contribution >= 4 is 5.70 Å². The Morgan fingerprint density at radius 3 is 2.58 bits per heavy atom. The van der Waals surface area contributed by atoms with E-state index in [1.54, 1.807) is 7.11 Å². The maximum absolute atomic E-state index is 5.21. The highest BCUT2D eigenvalue weighted by molar-refractivity contribution is 5.70. The summed E-state index contributed by atoms with van der Waals surface area (Å²) >= 11 is 0. The second-order valence-electron chi connectivity index (χ2n) is 4.76. The second-order valence-corrected chi connectivity index (χ2v) is 4.76. The lowest BCUT2D eigenvalue weighted by molar-refractivity contribution is 0.414. The molecule has 96 valence electrons. The Morgan fingerprint density at radius 1 is 1.05 bits per heavy atom. The van der Waals surface area contributed by atoms with Crippen LogP contribution in [0, 0.1) is 0 Å². The fraction of sp³-hybridized carbons (Fsp3) is 0.176. The first-order valence-corrected chi connectivity index (χ1v) is 6.48. The van der Waals surface area contributed by atoms with Gasteiger partial charge in [0.05, 0.1) is 7.11 Å². The van der Waals surface area contributed by atoms with Crippen molar-refractivity contribution in [3.63, 3.8) is 0 Å². The zero-order valence-corrected chi connectivity index (χ0v) is 11.3. The summed E-state index contributed by atoms with van der Waals surface area (Å²) in [5.41, 5.74) is 4.96. The van der Waals surface area contributed by atoms with Crippen LogP contribution in [0.3, 0.4) is 0 Å². The zero-order valence-electron chi connectivity index (χ0n) is 11.3. The molecule has 0 aromatic heterocycles. The molecule has 2 aliphatic heterocycles. The summed E-state index contributed by atoms with van der Waals surface area (Å²) in [6.07, 6.45) is 12.0. The van der Waals surface area contributed by atoms with E-state index in [2.05, 4.69) is 54.5 Å². The molecule has 3 rings (SSSR count). The van der Waals surface area contributed by atoms with E-state index in [9.17, 15) is 0 Å². The third-order valence-electron chi connectivity index (χ3n) is 3.41. The van der Waals surface area contributed by atoms with Crippen LogP contribution < -0.4 is 4.74 Å². The number of hydrogen-bond acceptors (Lipinski definition) is 2. The molecule has 0 saturated carbocycles. The van der Waals surface area contributed by atoms with Crippen LogP contribution in [0.1, 0.15) is 18.9 Å². The molecule has 1 aromatic carbocycles. The van der Waals surface area contributed by atoms with Crippen LogP contribution in [0.4, 0.5) is 0 Å². The van der Waals surface area contributed by atoms with E-state index in [0.29, 0.717) is 0 Å². The van der Waals surface area contributed by atoms with Gasteiger partial charge in [-0.05, 0) is 54.8 Å². The lowest BCUT2D eigenvalue weighted by Gasteiger charge is -2.30. The Balaban J connectivity index is 1.96. The van der Waals surface area contributed by atoms with Crippen molar-refractivity contribution < 1.29 is 4.74 Å². The summed E-state index contributed by atoms with van der Waals surface area (Å²) in [5, 5.41) is 0. The summed E-state index contributed by atoms with van der Waals surface area (Å²) in [4.78, 5) is 2.25. The normalized spacial score (nSPS) is 17.4. The molecule has 2 aliphatic rings. The van der Waals surface area contributed by atoms with Gasteiger partial charge in [0.15, 0.2) is 0 Å². The average molecular weight is 251 g/mol. The zero-order chi connectivity index (χ0) is 13.2. The van der Waals surface area contributed by atoms with E-state index in [-0.39, 0.29) is 0 Å². The largest absolute Gasteiger partial charge is 0.497 e. The highest BCUT2D eigenvalue weighted by atomic mass is 16.5. The molecule has 0 N–H and O–H groups in total. The molecule has 2 heteroatoms. The minimum atomic E-state index is 0.890. The Labute approximate surface area is 114 Å². The molecule has 0 radical (unpaired) electrons.